The number of nitrogens with one attached hydrogen (secondary N) is 2. The molecule has 4 nitrogen and oxygen atoms in total. The SMILES string of the molecule is Cl.O=C(NCCC1CCCNC1)C1(c2cccc(F)c2)CCOCC1. The zero-order chi connectivity index (χ0) is 16.8. The first-order valence-electron chi connectivity index (χ1n) is 9.03. The molecule has 6 heteroatoms. The summed E-state index contributed by atoms with van der Waals surface area (Å²) in [4.78, 5) is 13.0. The van der Waals surface area contributed by atoms with E-state index >= 15 is 0 Å². The minimum Gasteiger partial charge on any atom is -0.381 e. The Morgan fingerprint density at radius 1 is 1.36 bits per heavy atom. The van der Waals surface area contributed by atoms with Gasteiger partial charge in [-0.1, -0.05) is 12.1 Å². The number of carbonyl (C=O) groups excluding carboxylic acids is 1. The molecule has 0 aromatic heterocycles. The van der Waals surface area contributed by atoms with Crippen molar-refractivity contribution in [1.29, 1.82) is 0 Å². The Morgan fingerprint density at radius 3 is 2.84 bits per heavy atom. The van der Waals surface area contributed by atoms with Crippen LogP contribution < -0.4 is 10.6 Å². The van der Waals surface area contributed by atoms with Crippen molar-refractivity contribution in [2.75, 3.05) is 32.8 Å². The maximum absolute atomic E-state index is 13.7. The van der Waals surface area contributed by atoms with Gasteiger partial charge in [-0.2, -0.15) is 0 Å². The number of benzene rings is 1. The molecule has 1 unspecified atom stereocenters. The predicted octanol–water partition coefficient (Wildman–Crippen LogP) is 2.80. The number of hydrogen-bond acceptors (Lipinski definition) is 3. The van der Waals surface area contributed by atoms with E-state index in [-0.39, 0.29) is 24.1 Å². The van der Waals surface area contributed by atoms with Crippen LogP contribution in [0.15, 0.2) is 24.3 Å². The highest BCUT2D eigenvalue weighted by molar-refractivity contribution is 5.88. The first-order valence-corrected chi connectivity index (χ1v) is 9.03. The second-order valence-electron chi connectivity index (χ2n) is 6.96. The number of halogens is 2. The van der Waals surface area contributed by atoms with Gasteiger partial charge in [0, 0.05) is 19.8 Å². The normalized spacial score (nSPS) is 22.7. The van der Waals surface area contributed by atoms with Crippen LogP contribution in [0.1, 0.15) is 37.7 Å². The fourth-order valence-electron chi connectivity index (χ4n) is 3.88. The molecule has 1 amide bonds. The van der Waals surface area contributed by atoms with Gasteiger partial charge < -0.3 is 15.4 Å². The lowest BCUT2D eigenvalue weighted by molar-refractivity contribution is -0.130. The maximum Gasteiger partial charge on any atom is 0.230 e. The molecule has 0 saturated carbocycles. The zero-order valence-corrected chi connectivity index (χ0v) is 15.4. The molecule has 140 valence electrons. The molecule has 3 rings (SSSR count). The molecular weight excluding hydrogens is 343 g/mol. The third kappa shape index (κ3) is 4.93. The Morgan fingerprint density at radius 2 is 2.16 bits per heavy atom. The van der Waals surface area contributed by atoms with Crippen LogP contribution >= 0.6 is 12.4 Å². The van der Waals surface area contributed by atoms with Crippen molar-refractivity contribution < 1.29 is 13.9 Å². The molecule has 25 heavy (non-hydrogen) atoms. The average molecular weight is 371 g/mol. The van der Waals surface area contributed by atoms with Gasteiger partial charge in [0.25, 0.3) is 0 Å². The van der Waals surface area contributed by atoms with Crippen molar-refractivity contribution >= 4 is 18.3 Å². The minimum absolute atomic E-state index is 0. The van der Waals surface area contributed by atoms with E-state index in [0.717, 1.165) is 25.1 Å². The van der Waals surface area contributed by atoms with Crippen molar-refractivity contribution in [2.45, 2.75) is 37.5 Å². The van der Waals surface area contributed by atoms with Crippen LogP contribution in [-0.2, 0) is 14.9 Å². The molecule has 2 N–H and O–H groups in total. The highest BCUT2D eigenvalue weighted by Crippen LogP contribution is 2.35. The molecular formula is C19H28ClFN2O2. The lowest BCUT2D eigenvalue weighted by Crippen LogP contribution is -2.48. The summed E-state index contributed by atoms with van der Waals surface area (Å²) in [6, 6.07) is 6.46. The van der Waals surface area contributed by atoms with Gasteiger partial charge in [-0.25, -0.2) is 4.39 Å². The van der Waals surface area contributed by atoms with Crippen LogP contribution in [-0.4, -0.2) is 38.8 Å². The topological polar surface area (TPSA) is 50.4 Å². The highest BCUT2D eigenvalue weighted by Gasteiger charge is 2.41. The van der Waals surface area contributed by atoms with E-state index in [1.807, 2.05) is 6.07 Å². The smallest absolute Gasteiger partial charge is 0.230 e. The molecule has 2 aliphatic rings. The summed E-state index contributed by atoms with van der Waals surface area (Å²) >= 11 is 0. The molecule has 2 fully saturated rings. The van der Waals surface area contributed by atoms with Crippen molar-refractivity contribution in [2.24, 2.45) is 5.92 Å². The Bertz CT molecular complexity index is 558. The van der Waals surface area contributed by atoms with E-state index < -0.39 is 5.41 Å². The van der Waals surface area contributed by atoms with Crippen LogP contribution in [0, 0.1) is 11.7 Å². The van der Waals surface area contributed by atoms with E-state index in [0.29, 0.717) is 38.5 Å². The summed E-state index contributed by atoms with van der Waals surface area (Å²) in [5.74, 6) is 0.360. The van der Waals surface area contributed by atoms with Crippen LogP contribution in [0.4, 0.5) is 4.39 Å². The van der Waals surface area contributed by atoms with Crippen LogP contribution in [0.3, 0.4) is 0 Å². The number of piperidine rings is 1. The third-order valence-corrected chi connectivity index (χ3v) is 5.40. The molecule has 2 aliphatic heterocycles. The van der Waals surface area contributed by atoms with Crippen molar-refractivity contribution in [3.8, 4) is 0 Å². The van der Waals surface area contributed by atoms with Crippen molar-refractivity contribution in [3.05, 3.63) is 35.6 Å². The van der Waals surface area contributed by atoms with Gasteiger partial charge in [-0.15, -0.1) is 12.4 Å². The van der Waals surface area contributed by atoms with Crippen molar-refractivity contribution in [3.63, 3.8) is 0 Å². The number of amides is 1. The number of carbonyl (C=O) groups is 1. The van der Waals surface area contributed by atoms with E-state index in [2.05, 4.69) is 10.6 Å². The van der Waals surface area contributed by atoms with Gasteiger partial charge in [0.1, 0.15) is 5.82 Å². The van der Waals surface area contributed by atoms with Gasteiger partial charge in [0.2, 0.25) is 5.91 Å². The second kappa shape index (κ2) is 9.51. The summed E-state index contributed by atoms with van der Waals surface area (Å²) < 4.78 is 19.1. The standard InChI is InChI=1S/C19H27FN2O2.ClH/c20-17-5-1-4-16(13-17)19(7-11-24-12-8-19)18(23)22-10-6-15-3-2-9-21-14-15;/h1,4-5,13,15,21H,2-3,6-12,14H2,(H,22,23);1H. The molecule has 0 bridgehead atoms. The van der Waals surface area contributed by atoms with Crippen LogP contribution in [0.25, 0.3) is 0 Å². The quantitative estimate of drug-likeness (QED) is 0.838. The van der Waals surface area contributed by atoms with E-state index in [4.69, 9.17) is 4.74 Å². The molecule has 1 atom stereocenters. The second-order valence-corrected chi connectivity index (χ2v) is 6.96. The molecule has 1 aromatic rings. The molecule has 1 aromatic carbocycles. The fraction of sp³-hybridized carbons (Fsp3) is 0.632. The minimum atomic E-state index is -0.662. The number of ether oxygens (including phenoxy) is 1. The Kier molecular flexibility index (Phi) is 7.66. The number of rotatable bonds is 5. The van der Waals surface area contributed by atoms with E-state index in [1.54, 1.807) is 6.07 Å². The molecule has 0 aliphatic carbocycles. The predicted molar refractivity (Wildman–Crippen MR) is 98.6 cm³/mol. The van der Waals surface area contributed by atoms with Gasteiger partial charge >= 0.3 is 0 Å². The van der Waals surface area contributed by atoms with E-state index in [9.17, 15) is 9.18 Å². The van der Waals surface area contributed by atoms with Gasteiger partial charge in [0.15, 0.2) is 0 Å². The first kappa shape index (κ1) is 20.1. The number of hydrogen-bond donors (Lipinski definition) is 2. The molecule has 2 saturated heterocycles. The molecule has 2 heterocycles. The van der Waals surface area contributed by atoms with Crippen LogP contribution in [0.2, 0.25) is 0 Å². The monoisotopic (exact) mass is 370 g/mol. The summed E-state index contributed by atoms with van der Waals surface area (Å²) in [6.45, 7) is 3.90. The molecule has 0 radical (unpaired) electrons. The Balaban J connectivity index is 0.00000225. The summed E-state index contributed by atoms with van der Waals surface area (Å²) in [7, 11) is 0. The Labute approximate surface area is 155 Å². The van der Waals surface area contributed by atoms with Gasteiger partial charge in [-0.05, 0) is 68.8 Å². The lowest BCUT2D eigenvalue weighted by Gasteiger charge is -2.36. The lowest BCUT2D eigenvalue weighted by atomic mass is 9.73. The van der Waals surface area contributed by atoms with Crippen LogP contribution in [0.5, 0.6) is 0 Å². The third-order valence-electron chi connectivity index (χ3n) is 5.40. The summed E-state index contributed by atoms with van der Waals surface area (Å²) in [6.07, 6.45) is 4.64. The van der Waals surface area contributed by atoms with E-state index in [1.165, 1.54) is 25.0 Å². The molecule has 0 spiro atoms. The average Bonchev–Trinajstić information content (AvgIpc) is 2.63. The highest BCUT2D eigenvalue weighted by atomic mass is 35.5. The largest absolute Gasteiger partial charge is 0.381 e. The first-order chi connectivity index (χ1) is 11.7. The maximum atomic E-state index is 13.7. The Hall–Kier alpha value is -1.17. The zero-order valence-electron chi connectivity index (χ0n) is 14.6. The summed E-state index contributed by atoms with van der Waals surface area (Å²) in [5, 5.41) is 6.52. The van der Waals surface area contributed by atoms with Gasteiger partial charge in [0.05, 0.1) is 5.41 Å². The summed E-state index contributed by atoms with van der Waals surface area (Å²) in [5.41, 5.74) is 0.105. The van der Waals surface area contributed by atoms with Gasteiger partial charge in [-0.3, -0.25) is 4.79 Å². The van der Waals surface area contributed by atoms with Crippen molar-refractivity contribution in [1.82, 2.24) is 10.6 Å². The fourth-order valence-corrected chi connectivity index (χ4v) is 3.88.